The van der Waals surface area contributed by atoms with Crippen LogP contribution in [0.25, 0.3) is 0 Å². The van der Waals surface area contributed by atoms with Crippen LogP contribution in [-0.4, -0.2) is 34.8 Å². The van der Waals surface area contributed by atoms with E-state index in [1.165, 1.54) is 19.1 Å². The zero-order chi connectivity index (χ0) is 15.1. The van der Waals surface area contributed by atoms with Crippen molar-refractivity contribution in [1.82, 2.24) is 4.90 Å². The number of Topliss-reactive ketones (excluding diaryl/α,β-unsaturated/α-hetero) is 1. The molecule has 110 valence electrons. The number of rotatable bonds is 2. The van der Waals surface area contributed by atoms with Crippen LogP contribution in [0.4, 0.5) is 0 Å². The molecule has 1 N–H and O–H groups in total. The number of amides is 1. The second-order valence-electron chi connectivity index (χ2n) is 4.57. The lowest BCUT2D eigenvalue weighted by molar-refractivity contribution is -0.133. The Kier molecular flexibility index (Phi) is 6.82. The minimum Gasteiger partial charge on any atom is -0.508 e. The molecule has 1 aliphatic heterocycles. The molecule has 1 saturated heterocycles. The van der Waals surface area contributed by atoms with E-state index in [1.807, 2.05) is 0 Å². The van der Waals surface area contributed by atoms with Gasteiger partial charge in [-0.2, -0.15) is 0 Å². The highest BCUT2D eigenvalue weighted by Gasteiger charge is 2.18. The Bertz CT molecular complexity index is 485. The van der Waals surface area contributed by atoms with E-state index < -0.39 is 0 Å². The predicted octanol–water partition coefficient (Wildman–Crippen LogP) is 3.29. The Morgan fingerprint density at radius 1 is 1.20 bits per heavy atom. The van der Waals surface area contributed by atoms with E-state index in [-0.39, 0.29) is 23.9 Å². The largest absolute Gasteiger partial charge is 0.508 e. The molecule has 0 aromatic heterocycles. The molecule has 0 bridgehead atoms. The molecule has 0 unspecified atom stereocenters. The summed E-state index contributed by atoms with van der Waals surface area (Å²) in [7, 11) is 0. The lowest BCUT2D eigenvalue weighted by Crippen LogP contribution is -2.28. The summed E-state index contributed by atoms with van der Waals surface area (Å²) in [5.74, 6) is 0.0845. The normalized spacial score (nSPS) is 13.7. The van der Waals surface area contributed by atoms with Crippen molar-refractivity contribution < 1.29 is 14.7 Å². The summed E-state index contributed by atoms with van der Waals surface area (Å²) < 4.78 is 0. The molecule has 0 spiro atoms. The molecule has 0 atom stereocenters. The monoisotopic (exact) mass is 317 g/mol. The van der Waals surface area contributed by atoms with Gasteiger partial charge in [-0.15, -0.1) is 0 Å². The number of hydrogen-bond donors (Lipinski definition) is 1. The molecule has 20 heavy (non-hydrogen) atoms. The van der Waals surface area contributed by atoms with Gasteiger partial charge in [0.2, 0.25) is 5.91 Å². The van der Waals surface area contributed by atoms with Crippen molar-refractivity contribution in [1.29, 1.82) is 0 Å². The van der Waals surface area contributed by atoms with Crippen LogP contribution >= 0.6 is 23.2 Å². The second-order valence-corrected chi connectivity index (χ2v) is 5.38. The van der Waals surface area contributed by atoms with Gasteiger partial charge in [0.15, 0.2) is 0 Å². The van der Waals surface area contributed by atoms with Gasteiger partial charge in [-0.3, -0.25) is 9.59 Å². The van der Waals surface area contributed by atoms with Crippen molar-refractivity contribution in [3.63, 3.8) is 0 Å². The van der Waals surface area contributed by atoms with E-state index in [1.54, 1.807) is 11.0 Å². The van der Waals surface area contributed by atoms with E-state index in [0.717, 1.165) is 25.9 Å². The molecule has 1 aromatic rings. The van der Waals surface area contributed by atoms with Gasteiger partial charge >= 0.3 is 0 Å². The molecular formula is C14H17Cl2NO3. The molecule has 1 amide bonds. The Balaban J connectivity index is 0.000000204. The highest BCUT2D eigenvalue weighted by atomic mass is 35.5. The van der Waals surface area contributed by atoms with Crippen LogP contribution in [-0.2, 0) is 9.59 Å². The highest BCUT2D eigenvalue weighted by Crippen LogP contribution is 2.25. The number of aromatic hydroxyl groups is 1. The SMILES string of the molecule is CC(=O)CC(=O)N1CCCC1.Oc1ccc(Cl)c(Cl)c1. The van der Waals surface area contributed by atoms with Gasteiger partial charge in [0.1, 0.15) is 11.5 Å². The zero-order valence-corrected chi connectivity index (χ0v) is 12.7. The van der Waals surface area contributed by atoms with Gasteiger partial charge in [0, 0.05) is 13.1 Å². The summed E-state index contributed by atoms with van der Waals surface area (Å²) in [6.07, 6.45) is 2.26. The number of phenolic OH excluding ortho intramolecular Hbond substituents is 1. The first kappa shape index (κ1) is 16.8. The minimum atomic E-state index is -0.0399. The maximum absolute atomic E-state index is 11.2. The number of carbonyl (C=O) groups excluding carboxylic acids is 2. The van der Waals surface area contributed by atoms with E-state index in [0.29, 0.717) is 10.0 Å². The number of carbonyl (C=O) groups is 2. The van der Waals surface area contributed by atoms with Crippen molar-refractivity contribution in [2.24, 2.45) is 0 Å². The van der Waals surface area contributed by atoms with Gasteiger partial charge in [0.25, 0.3) is 0 Å². The van der Waals surface area contributed by atoms with Crippen molar-refractivity contribution >= 4 is 34.9 Å². The number of hydrogen-bond acceptors (Lipinski definition) is 3. The van der Waals surface area contributed by atoms with Crippen LogP contribution in [0.5, 0.6) is 5.75 Å². The summed E-state index contributed by atoms with van der Waals surface area (Å²) in [4.78, 5) is 23.5. The molecule has 1 heterocycles. The lowest BCUT2D eigenvalue weighted by Gasteiger charge is -2.13. The molecule has 4 nitrogen and oxygen atoms in total. The quantitative estimate of drug-likeness (QED) is 0.851. The van der Waals surface area contributed by atoms with Crippen molar-refractivity contribution in [3.05, 3.63) is 28.2 Å². The first-order valence-corrected chi connectivity index (χ1v) is 7.07. The third-order valence-electron chi connectivity index (χ3n) is 2.76. The van der Waals surface area contributed by atoms with Gasteiger partial charge in [-0.1, -0.05) is 23.2 Å². The molecule has 0 saturated carbocycles. The number of halogens is 2. The van der Waals surface area contributed by atoms with Crippen LogP contribution in [0.15, 0.2) is 18.2 Å². The fourth-order valence-electron chi connectivity index (χ4n) is 1.78. The fraction of sp³-hybridized carbons (Fsp3) is 0.429. The van der Waals surface area contributed by atoms with Gasteiger partial charge in [-0.25, -0.2) is 0 Å². The number of nitrogens with zero attached hydrogens (tertiary/aromatic N) is 1. The van der Waals surface area contributed by atoms with E-state index in [9.17, 15) is 9.59 Å². The standard InChI is InChI=1S/C8H13NO2.C6H4Cl2O/c1-7(10)6-8(11)9-4-2-3-5-9;7-5-2-1-4(9)3-6(5)8/h2-6H2,1H3;1-3,9H. The molecule has 1 aromatic carbocycles. The third-order valence-corrected chi connectivity index (χ3v) is 3.50. The maximum atomic E-state index is 11.2. The number of likely N-dealkylation sites (tertiary alicyclic amines) is 1. The molecule has 0 radical (unpaired) electrons. The Hall–Kier alpha value is -1.26. The maximum Gasteiger partial charge on any atom is 0.230 e. The lowest BCUT2D eigenvalue weighted by atomic mass is 10.3. The van der Waals surface area contributed by atoms with Crippen LogP contribution in [0.2, 0.25) is 10.0 Å². The molecular weight excluding hydrogens is 301 g/mol. The number of benzene rings is 1. The summed E-state index contributed by atoms with van der Waals surface area (Å²) in [6.45, 7) is 3.13. The predicted molar refractivity (Wildman–Crippen MR) is 79.2 cm³/mol. The third kappa shape index (κ3) is 5.80. The first-order valence-electron chi connectivity index (χ1n) is 6.31. The highest BCUT2D eigenvalue weighted by molar-refractivity contribution is 6.42. The van der Waals surface area contributed by atoms with E-state index in [2.05, 4.69) is 0 Å². The van der Waals surface area contributed by atoms with Crippen molar-refractivity contribution in [3.8, 4) is 5.75 Å². The Morgan fingerprint density at radius 3 is 2.25 bits per heavy atom. The summed E-state index contributed by atoms with van der Waals surface area (Å²) >= 11 is 11.1. The van der Waals surface area contributed by atoms with E-state index >= 15 is 0 Å². The minimum absolute atomic E-state index is 0.00463. The van der Waals surface area contributed by atoms with E-state index in [4.69, 9.17) is 28.3 Å². The molecule has 1 aliphatic rings. The van der Waals surface area contributed by atoms with Crippen molar-refractivity contribution in [2.45, 2.75) is 26.2 Å². The average Bonchev–Trinajstić information content (AvgIpc) is 2.88. The molecule has 2 rings (SSSR count). The number of ketones is 1. The average molecular weight is 318 g/mol. The van der Waals surface area contributed by atoms with Crippen LogP contribution < -0.4 is 0 Å². The van der Waals surface area contributed by atoms with Crippen LogP contribution in [0.3, 0.4) is 0 Å². The Labute approximate surface area is 128 Å². The molecule has 0 aliphatic carbocycles. The topological polar surface area (TPSA) is 57.6 Å². The van der Waals surface area contributed by atoms with Gasteiger partial charge in [0.05, 0.1) is 16.5 Å². The second kappa shape index (κ2) is 8.12. The smallest absolute Gasteiger partial charge is 0.230 e. The van der Waals surface area contributed by atoms with Gasteiger partial charge in [-0.05, 0) is 38.0 Å². The van der Waals surface area contributed by atoms with Crippen LogP contribution in [0, 0.1) is 0 Å². The molecule has 6 heteroatoms. The molecule has 1 fully saturated rings. The van der Waals surface area contributed by atoms with Crippen LogP contribution in [0.1, 0.15) is 26.2 Å². The van der Waals surface area contributed by atoms with Gasteiger partial charge < -0.3 is 10.0 Å². The summed E-state index contributed by atoms with van der Waals surface area (Å²) in [5.41, 5.74) is 0. The zero-order valence-electron chi connectivity index (χ0n) is 11.2. The fourth-order valence-corrected chi connectivity index (χ4v) is 2.07. The summed E-state index contributed by atoms with van der Waals surface area (Å²) in [6, 6.07) is 4.41. The van der Waals surface area contributed by atoms with Crippen molar-refractivity contribution in [2.75, 3.05) is 13.1 Å². The number of phenols is 1. The summed E-state index contributed by atoms with van der Waals surface area (Å²) in [5, 5.41) is 9.62. The Morgan fingerprint density at radius 2 is 1.80 bits per heavy atom. The first-order chi connectivity index (χ1) is 9.40.